The molecule has 1 aliphatic rings. The van der Waals surface area contributed by atoms with Gasteiger partial charge in [-0.2, -0.15) is 0 Å². The molecule has 1 unspecified atom stereocenters. The van der Waals surface area contributed by atoms with E-state index in [1.807, 2.05) is 7.11 Å². The Bertz CT molecular complexity index is 440. The third-order valence-electron chi connectivity index (χ3n) is 5.04. The summed E-state index contributed by atoms with van der Waals surface area (Å²) in [5, 5.41) is 3.70. The Kier molecular flexibility index (Phi) is 5.45. The predicted molar refractivity (Wildman–Crippen MR) is 89.7 cm³/mol. The van der Waals surface area contributed by atoms with Crippen molar-refractivity contribution in [3.63, 3.8) is 0 Å². The fourth-order valence-electron chi connectivity index (χ4n) is 3.85. The van der Waals surface area contributed by atoms with Crippen molar-refractivity contribution in [2.24, 2.45) is 5.92 Å². The third-order valence-corrected chi connectivity index (χ3v) is 5.04. The maximum absolute atomic E-state index is 6.11. The molecule has 0 aromatic heterocycles. The largest absolute Gasteiger partial charge is 0.376 e. The smallest absolute Gasteiger partial charge is 0.0872 e. The van der Waals surface area contributed by atoms with Crippen LogP contribution >= 0.6 is 0 Å². The van der Waals surface area contributed by atoms with Crippen molar-refractivity contribution in [2.75, 3.05) is 13.7 Å². The highest BCUT2D eigenvalue weighted by atomic mass is 16.5. The van der Waals surface area contributed by atoms with Crippen LogP contribution in [0.5, 0.6) is 0 Å². The number of benzene rings is 1. The summed E-state index contributed by atoms with van der Waals surface area (Å²) in [5.41, 5.74) is 4.00. The molecule has 118 valence electrons. The van der Waals surface area contributed by atoms with Crippen molar-refractivity contribution in [3.05, 3.63) is 34.9 Å². The number of likely N-dealkylation sites (N-methyl/N-ethyl adjacent to an activating group) is 1. The molecule has 1 fully saturated rings. The molecule has 2 rings (SSSR count). The van der Waals surface area contributed by atoms with Gasteiger partial charge in [-0.25, -0.2) is 0 Å². The first-order valence-electron chi connectivity index (χ1n) is 8.37. The standard InChI is InChI=1S/C19H31NO/c1-6-20-18(17-12-15(3)11-16(4)13-17)19(21-5)9-7-14(2)8-10-19/h11-14,18,20H,6-10H2,1-5H3. The second-order valence-corrected chi connectivity index (χ2v) is 6.86. The maximum Gasteiger partial charge on any atom is 0.0872 e. The van der Waals surface area contributed by atoms with Gasteiger partial charge in [0.1, 0.15) is 0 Å². The van der Waals surface area contributed by atoms with Crippen LogP contribution in [0, 0.1) is 19.8 Å². The SMILES string of the molecule is CCNC(c1cc(C)cc(C)c1)C1(OC)CCC(C)CC1. The Balaban J connectivity index is 2.36. The van der Waals surface area contributed by atoms with Crippen LogP contribution in [0.1, 0.15) is 62.3 Å². The van der Waals surface area contributed by atoms with E-state index >= 15 is 0 Å². The number of aryl methyl sites for hydroxylation is 2. The van der Waals surface area contributed by atoms with Crippen molar-refractivity contribution in [1.82, 2.24) is 5.32 Å². The van der Waals surface area contributed by atoms with Gasteiger partial charge in [-0.15, -0.1) is 0 Å². The summed E-state index contributed by atoms with van der Waals surface area (Å²) in [7, 11) is 1.89. The molecule has 2 nitrogen and oxygen atoms in total. The Morgan fingerprint density at radius 1 is 1.19 bits per heavy atom. The average molecular weight is 289 g/mol. The average Bonchev–Trinajstić information content (AvgIpc) is 2.45. The highest BCUT2D eigenvalue weighted by molar-refractivity contribution is 5.32. The van der Waals surface area contributed by atoms with Crippen LogP contribution in [0.15, 0.2) is 18.2 Å². The van der Waals surface area contributed by atoms with E-state index in [1.54, 1.807) is 0 Å². The normalized spacial score (nSPS) is 27.6. The monoisotopic (exact) mass is 289 g/mol. The zero-order valence-electron chi connectivity index (χ0n) is 14.3. The summed E-state index contributed by atoms with van der Waals surface area (Å²) in [6.07, 6.45) is 4.83. The minimum absolute atomic E-state index is 0.0528. The third kappa shape index (κ3) is 3.67. The zero-order valence-corrected chi connectivity index (χ0v) is 14.3. The van der Waals surface area contributed by atoms with Crippen molar-refractivity contribution in [2.45, 2.75) is 65.0 Å². The molecule has 0 heterocycles. The van der Waals surface area contributed by atoms with E-state index in [0.717, 1.165) is 25.3 Å². The number of hydrogen-bond acceptors (Lipinski definition) is 2. The number of ether oxygens (including phenoxy) is 1. The summed E-state index contributed by atoms with van der Waals surface area (Å²) in [5.74, 6) is 0.829. The minimum atomic E-state index is -0.0528. The maximum atomic E-state index is 6.11. The quantitative estimate of drug-likeness (QED) is 0.858. The number of hydrogen-bond donors (Lipinski definition) is 1. The molecule has 1 saturated carbocycles. The van der Waals surface area contributed by atoms with E-state index < -0.39 is 0 Å². The van der Waals surface area contributed by atoms with Crippen LogP contribution in [-0.2, 0) is 4.74 Å². The fraction of sp³-hybridized carbons (Fsp3) is 0.684. The number of rotatable bonds is 5. The van der Waals surface area contributed by atoms with Gasteiger partial charge in [-0.1, -0.05) is 43.2 Å². The van der Waals surface area contributed by atoms with E-state index in [2.05, 4.69) is 51.2 Å². The van der Waals surface area contributed by atoms with Gasteiger partial charge in [0, 0.05) is 7.11 Å². The van der Waals surface area contributed by atoms with Gasteiger partial charge in [0.05, 0.1) is 11.6 Å². The Labute approximate surface area is 130 Å². The molecule has 2 heteroatoms. The van der Waals surface area contributed by atoms with Crippen LogP contribution in [0.2, 0.25) is 0 Å². The fourth-order valence-corrected chi connectivity index (χ4v) is 3.85. The molecule has 1 aromatic rings. The second-order valence-electron chi connectivity index (χ2n) is 6.86. The topological polar surface area (TPSA) is 21.3 Å². The molecule has 0 bridgehead atoms. The van der Waals surface area contributed by atoms with E-state index in [-0.39, 0.29) is 5.60 Å². The van der Waals surface area contributed by atoms with Gasteiger partial charge in [-0.05, 0) is 57.6 Å². The van der Waals surface area contributed by atoms with E-state index in [0.29, 0.717) is 6.04 Å². The molecule has 0 aliphatic heterocycles. The lowest BCUT2D eigenvalue weighted by atomic mass is 9.73. The lowest BCUT2D eigenvalue weighted by Crippen LogP contribution is -2.48. The molecule has 1 aliphatic carbocycles. The van der Waals surface area contributed by atoms with E-state index in [1.165, 1.54) is 29.5 Å². The minimum Gasteiger partial charge on any atom is -0.376 e. The Hall–Kier alpha value is -0.860. The van der Waals surface area contributed by atoms with Gasteiger partial charge in [-0.3, -0.25) is 0 Å². The number of nitrogens with one attached hydrogen (secondary N) is 1. The highest BCUT2D eigenvalue weighted by Gasteiger charge is 2.42. The molecule has 21 heavy (non-hydrogen) atoms. The Morgan fingerprint density at radius 2 is 1.76 bits per heavy atom. The molecule has 0 radical (unpaired) electrons. The van der Waals surface area contributed by atoms with Crippen LogP contribution in [0.25, 0.3) is 0 Å². The second kappa shape index (κ2) is 6.93. The first-order chi connectivity index (χ1) is 10.0. The van der Waals surface area contributed by atoms with Crippen LogP contribution < -0.4 is 5.32 Å². The summed E-state index contributed by atoms with van der Waals surface area (Å²) in [6.45, 7) is 9.88. The molecule has 0 spiro atoms. The van der Waals surface area contributed by atoms with Gasteiger partial charge < -0.3 is 10.1 Å². The molecular formula is C19H31NO. The van der Waals surface area contributed by atoms with Crippen LogP contribution in [-0.4, -0.2) is 19.3 Å². The van der Waals surface area contributed by atoms with Crippen molar-refractivity contribution in [1.29, 1.82) is 0 Å². The number of methoxy groups -OCH3 is 1. The molecule has 0 saturated heterocycles. The van der Waals surface area contributed by atoms with Crippen molar-refractivity contribution in [3.8, 4) is 0 Å². The van der Waals surface area contributed by atoms with Gasteiger partial charge in [0.2, 0.25) is 0 Å². The lowest BCUT2D eigenvalue weighted by molar-refractivity contribution is -0.0757. The first-order valence-corrected chi connectivity index (χ1v) is 8.37. The summed E-state index contributed by atoms with van der Waals surface area (Å²) in [6, 6.07) is 7.17. The molecule has 0 amide bonds. The zero-order chi connectivity index (χ0) is 15.5. The van der Waals surface area contributed by atoms with E-state index in [4.69, 9.17) is 4.74 Å². The van der Waals surface area contributed by atoms with Crippen LogP contribution in [0.4, 0.5) is 0 Å². The van der Waals surface area contributed by atoms with Crippen molar-refractivity contribution < 1.29 is 4.74 Å². The highest BCUT2D eigenvalue weighted by Crippen LogP contribution is 2.43. The molecule has 1 aromatic carbocycles. The predicted octanol–water partition coefficient (Wildman–Crippen LogP) is 4.55. The van der Waals surface area contributed by atoms with Crippen LogP contribution in [0.3, 0.4) is 0 Å². The summed E-state index contributed by atoms with van der Waals surface area (Å²) >= 11 is 0. The van der Waals surface area contributed by atoms with Crippen molar-refractivity contribution >= 4 is 0 Å². The Morgan fingerprint density at radius 3 is 2.24 bits per heavy atom. The summed E-state index contributed by atoms with van der Waals surface area (Å²) < 4.78 is 6.11. The van der Waals surface area contributed by atoms with E-state index in [9.17, 15) is 0 Å². The van der Waals surface area contributed by atoms with Gasteiger partial charge >= 0.3 is 0 Å². The molecular weight excluding hydrogens is 258 g/mol. The summed E-state index contributed by atoms with van der Waals surface area (Å²) in [4.78, 5) is 0. The first kappa shape index (κ1) is 16.5. The molecule has 1 N–H and O–H groups in total. The van der Waals surface area contributed by atoms with Gasteiger partial charge in [0.25, 0.3) is 0 Å². The van der Waals surface area contributed by atoms with Gasteiger partial charge in [0.15, 0.2) is 0 Å². The lowest BCUT2D eigenvalue weighted by Gasteiger charge is -2.44. The molecule has 1 atom stereocenters.